The number of aryl methyl sites for hydroxylation is 2. The van der Waals surface area contributed by atoms with Gasteiger partial charge in [0.05, 0.1) is 24.4 Å². The Kier molecular flexibility index (Phi) is 19.5. The van der Waals surface area contributed by atoms with Crippen LogP contribution in [0.4, 0.5) is 35.1 Å². The molecule has 12 heteroatoms. The summed E-state index contributed by atoms with van der Waals surface area (Å²) in [5, 5.41) is 0. The Morgan fingerprint density at radius 3 is 1.04 bits per heavy atom. The molecule has 0 saturated carbocycles. The van der Waals surface area contributed by atoms with Gasteiger partial charge < -0.3 is 9.47 Å². The highest BCUT2D eigenvalue weighted by Gasteiger charge is 2.80. The van der Waals surface area contributed by atoms with Crippen molar-refractivity contribution in [1.29, 1.82) is 0 Å². The molecule has 0 N–H and O–H groups in total. The van der Waals surface area contributed by atoms with Crippen LogP contribution in [0, 0.1) is 25.5 Å². The summed E-state index contributed by atoms with van der Waals surface area (Å²) in [5.74, 6) is -16.3. The number of ether oxygens (including phenoxy) is 2. The van der Waals surface area contributed by atoms with E-state index < -0.39 is 50.3 Å². The SMILES string of the molecule is CCCCCCCCCCCOc1ccc(-c2ccc(-c3cc(C)c(C4=C(c5sc(-c6ccc(-c7ccc(OCCCCCCCCCCC)cc7)c(F)c6)cc5C)C(F)(F)C(F)(F)C4(F)F)s3)cc2F)cc1. The maximum absolute atomic E-state index is 16.1. The zero-order valence-corrected chi connectivity index (χ0v) is 44.2. The van der Waals surface area contributed by atoms with Crippen molar-refractivity contribution in [3.63, 3.8) is 0 Å². The van der Waals surface area contributed by atoms with Crippen LogP contribution in [0.2, 0.25) is 0 Å². The molecule has 2 heterocycles. The Balaban J connectivity index is 1.04. The summed E-state index contributed by atoms with van der Waals surface area (Å²) in [6.45, 7) is 8.35. The third-order valence-corrected chi connectivity index (χ3v) is 16.4. The fraction of sp³-hybridized carbons (Fsp3) is 0.443. The molecule has 0 saturated heterocycles. The zero-order valence-electron chi connectivity index (χ0n) is 42.5. The van der Waals surface area contributed by atoms with Gasteiger partial charge in [-0.1, -0.05) is 165 Å². The molecule has 0 fully saturated rings. The molecular formula is C61H68F8O2S2. The molecule has 392 valence electrons. The van der Waals surface area contributed by atoms with Crippen molar-refractivity contribution in [2.45, 2.75) is 161 Å². The normalized spacial score (nSPS) is 14.8. The van der Waals surface area contributed by atoms with E-state index in [1.54, 1.807) is 60.7 Å². The number of hydrogen-bond acceptors (Lipinski definition) is 4. The Bertz CT molecular complexity index is 2570. The standard InChI is InChI=1S/C61H68F8O2S2/c1-5-7-9-11-13-15-17-19-21-35-70-47-29-23-43(24-30-47)49-33-27-45(39-51(49)62)53-37-41(3)57(72-53)55-56(60(66,67)61(68,69)59(55,64)65)58-42(4)38-54(73-58)46-28-34-50(52(63)40-46)44-25-31-48(32-26-44)71-36-22-20-18-16-14-12-10-8-6-2/h23-34,37-40H,5-22,35-36H2,1-4H3. The lowest BCUT2D eigenvalue weighted by atomic mass is 10.00. The zero-order chi connectivity index (χ0) is 52.2. The summed E-state index contributed by atoms with van der Waals surface area (Å²) in [6.07, 6.45) is 21.7. The van der Waals surface area contributed by atoms with Gasteiger partial charge in [-0.3, -0.25) is 0 Å². The van der Waals surface area contributed by atoms with Crippen LogP contribution in [0.25, 0.3) is 54.3 Å². The Morgan fingerprint density at radius 1 is 0.397 bits per heavy atom. The van der Waals surface area contributed by atoms with E-state index in [9.17, 15) is 0 Å². The Labute approximate surface area is 434 Å². The van der Waals surface area contributed by atoms with Crippen molar-refractivity contribution in [2.24, 2.45) is 0 Å². The van der Waals surface area contributed by atoms with E-state index in [4.69, 9.17) is 9.47 Å². The van der Waals surface area contributed by atoms with Crippen LogP contribution in [-0.4, -0.2) is 31.0 Å². The fourth-order valence-corrected chi connectivity index (χ4v) is 12.1. The first-order valence-electron chi connectivity index (χ1n) is 26.3. The largest absolute Gasteiger partial charge is 0.494 e. The van der Waals surface area contributed by atoms with Gasteiger partial charge in [-0.2, -0.15) is 26.3 Å². The van der Waals surface area contributed by atoms with E-state index in [1.807, 2.05) is 0 Å². The van der Waals surface area contributed by atoms with Gasteiger partial charge in [0.2, 0.25) is 0 Å². The lowest BCUT2D eigenvalue weighted by Gasteiger charge is -2.25. The predicted octanol–water partition coefficient (Wildman–Crippen LogP) is 21.0. The van der Waals surface area contributed by atoms with Gasteiger partial charge >= 0.3 is 17.8 Å². The van der Waals surface area contributed by atoms with Crippen LogP contribution in [0.3, 0.4) is 0 Å². The van der Waals surface area contributed by atoms with Crippen LogP contribution >= 0.6 is 22.7 Å². The molecule has 73 heavy (non-hydrogen) atoms. The Morgan fingerprint density at radius 2 is 0.712 bits per heavy atom. The number of benzene rings is 4. The second-order valence-electron chi connectivity index (χ2n) is 19.5. The summed E-state index contributed by atoms with van der Waals surface area (Å²) < 4.78 is 139. The summed E-state index contributed by atoms with van der Waals surface area (Å²) >= 11 is 1.24. The average Bonchev–Trinajstić information content (AvgIpc) is 3.98. The predicted molar refractivity (Wildman–Crippen MR) is 287 cm³/mol. The van der Waals surface area contributed by atoms with E-state index in [-0.39, 0.29) is 43.1 Å². The average molecular weight is 1050 g/mol. The minimum absolute atomic E-state index is 0.0497. The molecule has 0 spiro atoms. The molecule has 1 aliphatic rings. The third kappa shape index (κ3) is 13.1. The lowest BCUT2D eigenvalue weighted by Crippen LogP contribution is -2.48. The molecule has 0 amide bonds. The topological polar surface area (TPSA) is 18.5 Å². The number of alkyl halides is 6. The molecule has 4 aromatic carbocycles. The molecule has 6 aromatic rings. The highest BCUT2D eigenvalue weighted by Crippen LogP contribution is 2.67. The summed E-state index contributed by atoms with van der Waals surface area (Å²) in [4.78, 5) is -0.456. The summed E-state index contributed by atoms with van der Waals surface area (Å²) in [6, 6.07) is 25.5. The van der Waals surface area contributed by atoms with Crippen molar-refractivity contribution < 1.29 is 44.6 Å². The van der Waals surface area contributed by atoms with Crippen LogP contribution in [0.5, 0.6) is 11.5 Å². The van der Waals surface area contributed by atoms with Gasteiger partial charge in [-0.05, 0) is 109 Å². The number of halogens is 8. The quantitative estimate of drug-likeness (QED) is 0.0360. The first kappa shape index (κ1) is 55.8. The number of unbranched alkanes of at least 4 members (excludes halogenated alkanes) is 16. The summed E-state index contributed by atoms with van der Waals surface area (Å²) in [5.41, 5.74) is -0.646. The van der Waals surface area contributed by atoms with Gasteiger partial charge in [-0.25, -0.2) is 8.78 Å². The molecule has 7 rings (SSSR count). The van der Waals surface area contributed by atoms with Gasteiger partial charge in [0, 0.05) is 30.6 Å². The minimum Gasteiger partial charge on any atom is -0.494 e. The van der Waals surface area contributed by atoms with Crippen LogP contribution in [0.1, 0.15) is 150 Å². The molecule has 0 aliphatic heterocycles. The molecule has 2 nitrogen and oxygen atoms in total. The number of allylic oxidation sites excluding steroid dienone is 2. The van der Waals surface area contributed by atoms with Crippen LogP contribution in [0.15, 0.2) is 97.1 Å². The van der Waals surface area contributed by atoms with Crippen LogP contribution in [-0.2, 0) is 0 Å². The van der Waals surface area contributed by atoms with Crippen molar-refractivity contribution in [3.05, 3.63) is 130 Å². The first-order chi connectivity index (χ1) is 35.1. The van der Waals surface area contributed by atoms with Crippen molar-refractivity contribution in [1.82, 2.24) is 0 Å². The second-order valence-corrected chi connectivity index (χ2v) is 21.6. The monoisotopic (exact) mass is 1050 g/mol. The maximum Gasteiger partial charge on any atom is 0.380 e. The van der Waals surface area contributed by atoms with Crippen LogP contribution < -0.4 is 9.47 Å². The molecular weight excluding hydrogens is 981 g/mol. The fourth-order valence-electron chi connectivity index (χ4n) is 9.55. The van der Waals surface area contributed by atoms with Crippen molar-refractivity contribution in [2.75, 3.05) is 13.2 Å². The molecule has 2 aromatic heterocycles. The van der Waals surface area contributed by atoms with E-state index in [2.05, 4.69) is 13.8 Å². The number of rotatable bonds is 28. The van der Waals surface area contributed by atoms with Gasteiger partial charge in [0.1, 0.15) is 23.1 Å². The van der Waals surface area contributed by atoms with Gasteiger partial charge in [0.25, 0.3) is 0 Å². The van der Waals surface area contributed by atoms with E-state index in [0.29, 0.717) is 58.5 Å². The summed E-state index contributed by atoms with van der Waals surface area (Å²) in [7, 11) is 0. The van der Waals surface area contributed by atoms with E-state index in [0.717, 1.165) is 25.7 Å². The highest BCUT2D eigenvalue weighted by atomic mass is 32.1. The first-order valence-corrected chi connectivity index (χ1v) is 27.9. The lowest BCUT2D eigenvalue weighted by molar-refractivity contribution is -0.254. The highest BCUT2D eigenvalue weighted by molar-refractivity contribution is 7.18. The van der Waals surface area contributed by atoms with E-state index >= 15 is 35.1 Å². The molecule has 0 atom stereocenters. The third-order valence-electron chi connectivity index (χ3n) is 13.8. The van der Waals surface area contributed by atoms with Gasteiger partial charge in [-0.15, -0.1) is 22.7 Å². The molecule has 0 radical (unpaired) electrons. The second kappa shape index (κ2) is 25.5. The molecule has 0 unspecified atom stereocenters. The molecule has 1 aliphatic carbocycles. The smallest absolute Gasteiger partial charge is 0.380 e. The number of thiophene rings is 2. The maximum atomic E-state index is 16.1. The molecule has 0 bridgehead atoms. The van der Waals surface area contributed by atoms with Crippen molar-refractivity contribution >= 4 is 33.8 Å². The van der Waals surface area contributed by atoms with E-state index in [1.165, 1.54) is 140 Å². The van der Waals surface area contributed by atoms with Gasteiger partial charge in [0.15, 0.2) is 0 Å². The minimum atomic E-state index is -5.78. The number of hydrogen-bond donors (Lipinski definition) is 0. The van der Waals surface area contributed by atoms with Crippen molar-refractivity contribution in [3.8, 4) is 54.6 Å². The Hall–Kier alpha value is -4.94.